The van der Waals surface area contributed by atoms with Crippen molar-refractivity contribution in [2.45, 2.75) is 26.2 Å². The number of rotatable bonds is 0. The van der Waals surface area contributed by atoms with Crippen molar-refractivity contribution in [3.05, 3.63) is 11.6 Å². The number of carbonyl (C=O) groups is 1. The molecule has 0 saturated heterocycles. The van der Waals surface area contributed by atoms with Crippen LogP contribution in [0.3, 0.4) is 0 Å². The molecule has 0 aromatic rings. The summed E-state index contributed by atoms with van der Waals surface area (Å²) in [6.07, 6.45) is 4.99. The number of hydrogen-bond acceptors (Lipinski definition) is 2. The summed E-state index contributed by atoms with van der Waals surface area (Å²) >= 11 is 0. The first kappa shape index (κ1) is 9.14. The zero-order valence-electron chi connectivity index (χ0n) is 8.16. The van der Waals surface area contributed by atoms with Crippen LogP contribution in [0.2, 0.25) is 0 Å². The zero-order chi connectivity index (χ0) is 10.1. The van der Waals surface area contributed by atoms with E-state index in [1.807, 2.05) is 6.07 Å². The maximum absolute atomic E-state index is 11.4. The summed E-state index contributed by atoms with van der Waals surface area (Å²) in [4.78, 5) is 15.4. The first-order valence-corrected chi connectivity index (χ1v) is 4.95. The third-order valence-electron chi connectivity index (χ3n) is 2.88. The van der Waals surface area contributed by atoms with Gasteiger partial charge in [-0.05, 0) is 30.8 Å². The molecule has 0 radical (unpaired) electrons. The van der Waals surface area contributed by atoms with Crippen molar-refractivity contribution >= 4 is 11.6 Å². The van der Waals surface area contributed by atoms with Crippen LogP contribution in [-0.2, 0) is 4.79 Å². The van der Waals surface area contributed by atoms with E-state index in [4.69, 9.17) is 5.26 Å². The maximum atomic E-state index is 11.4. The predicted molar refractivity (Wildman–Crippen MR) is 52.6 cm³/mol. The van der Waals surface area contributed by atoms with Gasteiger partial charge in [0.2, 0.25) is 0 Å². The van der Waals surface area contributed by atoms with Gasteiger partial charge in [-0.3, -0.25) is 4.79 Å². The van der Waals surface area contributed by atoms with Crippen LogP contribution in [0.15, 0.2) is 16.6 Å². The lowest BCUT2D eigenvalue weighted by atomic mass is 9.81. The van der Waals surface area contributed by atoms with Crippen molar-refractivity contribution in [1.82, 2.24) is 0 Å². The average Bonchev–Trinajstić information content (AvgIpc) is 2.19. The van der Waals surface area contributed by atoms with Gasteiger partial charge in [-0.25, -0.2) is 4.99 Å². The third-order valence-corrected chi connectivity index (χ3v) is 2.88. The number of hydrogen-bond donors (Lipinski definition) is 0. The molecule has 1 aliphatic heterocycles. The van der Waals surface area contributed by atoms with E-state index in [2.05, 4.69) is 11.9 Å². The fourth-order valence-corrected chi connectivity index (χ4v) is 2.08. The van der Waals surface area contributed by atoms with Crippen molar-refractivity contribution in [1.29, 1.82) is 5.26 Å². The van der Waals surface area contributed by atoms with Crippen molar-refractivity contribution in [2.75, 3.05) is 0 Å². The molecular formula is C11H12N2O. The van der Waals surface area contributed by atoms with Gasteiger partial charge in [-0.15, -0.1) is 0 Å². The van der Waals surface area contributed by atoms with Gasteiger partial charge in [0.25, 0.3) is 5.91 Å². The highest BCUT2D eigenvalue weighted by Crippen LogP contribution is 2.30. The number of dihydropyridines is 1. The minimum absolute atomic E-state index is 0.292. The van der Waals surface area contributed by atoms with Gasteiger partial charge in [0, 0.05) is 0 Å². The fraction of sp³-hybridized carbons (Fsp3) is 0.545. The Hall–Kier alpha value is -1.43. The number of nitriles is 1. The molecule has 1 saturated carbocycles. The number of nitrogens with zero attached hydrogens (tertiary/aromatic N) is 2. The summed E-state index contributed by atoms with van der Waals surface area (Å²) in [6.45, 7) is 2.09. The van der Waals surface area contributed by atoms with Crippen LogP contribution >= 0.6 is 0 Å². The van der Waals surface area contributed by atoms with Gasteiger partial charge in [0.1, 0.15) is 5.92 Å². The topological polar surface area (TPSA) is 53.2 Å². The molecular weight excluding hydrogens is 176 g/mol. The van der Waals surface area contributed by atoms with E-state index in [1.165, 1.54) is 0 Å². The van der Waals surface area contributed by atoms with E-state index in [9.17, 15) is 4.79 Å². The van der Waals surface area contributed by atoms with Crippen LogP contribution in [0, 0.1) is 23.2 Å². The van der Waals surface area contributed by atoms with Gasteiger partial charge in [0.15, 0.2) is 0 Å². The minimum Gasteiger partial charge on any atom is -0.271 e. The Kier molecular flexibility index (Phi) is 2.20. The highest BCUT2D eigenvalue weighted by atomic mass is 16.1. The highest BCUT2D eigenvalue weighted by molar-refractivity contribution is 6.11. The van der Waals surface area contributed by atoms with Crippen LogP contribution in [-0.4, -0.2) is 11.6 Å². The molecule has 2 unspecified atom stereocenters. The SMILES string of the molecule is CC1CCCC2=CC(C#N)C(=O)N=C21. The molecule has 3 nitrogen and oxygen atoms in total. The lowest BCUT2D eigenvalue weighted by molar-refractivity contribution is -0.119. The molecule has 2 atom stereocenters. The number of aliphatic imine (C=N–C) groups is 1. The van der Waals surface area contributed by atoms with E-state index in [0.29, 0.717) is 5.92 Å². The molecule has 2 rings (SSSR count). The minimum atomic E-state index is -0.640. The third kappa shape index (κ3) is 1.37. The molecule has 1 fully saturated rings. The average molecular weight is 188 g/mol. The van der Waals surface area contributed by atoms with E-state index in [1.54, 1.807) is 6.08 Å². The Morgan fingerprint density at radius 3 is 3.14 bits per heavy atom. The quantitative estimate of drug-likeness (QED) is 0.582. The molecule has 0 N–H and O–H groups in total. The van der Waals surface area contributed by atoms with E-state index >= 15 is 0 Å². The fourth-order valence-electron chi connectivity index (χ4n) is 2.08. The van der Waals surface area contributed by atoms with Crippen LogP contribution in [0.1, 0.15) is 26.2 Å². The molecule has 1 heterocycles. The number of carbonyl (C=O) groups excluding carboxylic acids is 1. The Bertz CT molecular complexity index is 373. The standard InChI is InChI=1S/C11H12N2O/c1-7-3-2-4-8-5-9(6-12)11(14)13-10(7)8/h5,7,9H,2-4H2,1H3. The molecule has 0 bridgehead atoms. The van der Waals surface area contributed by atoms with Gasteiger partial charge >= 0.3 is 0 Å². The van der Waals surface area contributed by atoms with Crippen LogP contribution in [0.5, 0.6) is 0 Å². The molecule has 14 heavy (non-hydrogen) atoms. The summed E-state index contributed by atoms with van der Waals surface area (Å²) in [5, 5.41) is 8.73. The van der Waals surface area contributed by atoms with E-state index in [-0.39, 0.29) is 5.91 Å². The molecule has 1 amide bonds. The molecule has 3 heteroatoms. The van der Waals surface area contributed by atoms with E-state index < -0.39 is 5.92 Å². The van der Waals surface area contributed by atoms with Crippen molar-refractivity contribution in [2.24, 2.45) is 16.8 Å². The maximum Gasteiger partial charge on any atom is 0.267 e. The lowest BCUT2D eigenvalue weighted by Gasteiger charge is -2.26. The Morgan fingerprint density at radius 2 is 2.43 bits per heavy atom. The summed E-state index contributed by atoms with van der Waals surface area (Å²) in [7, 11) is 0. The van der Waals surface area contributed by atoms with Crippen LogP contribution in [0.4, 0.5) is 0 Å². The summed E-state index contributed by atoms with van der Waals surface area (Å²) in [5.41, 5.74) is 2.04. The Morgan fingerprint density at radius 1 is 1.64 bits per heavy atom. The van der Waals surface area contributed by atoms with Gasteiger partial charge < -0.3 is 0 Å². The smallest absolute Gasteiger partial charge is 0.267 e. The zero-order valence-corrected chi connectivity index (χ0v) is 8.16. The molecule has 72 valence electrons. The van der Waals surface area contributed by atoms with Gasteiger partial charge in [0.05, 0.1) is 11.8 Å². The molecule has 0 aromatic heterocycles. The highest BCUT2D eigenvalue weighted by Gasteiger charge is 2.29. The second-order valence-corrected chi connectivity index (χ2v) is 3.93. The van der Waals surface area contributed by atoms with E-state index in [0.717, 1.165) is 30.5 Å². The largest absolute Gasteiger partial charge is 0.271 e. The molecule has 0 aromatic carbocycles. The van der Waals surface area contributed by atoms with Crippen molar-refractivity contribution in [3.8, 4) is 6.07 Å². The first-order chi connectivity index (χ1) is 6.72. The van der Waals surface area contributed by atoms with Crippen molar-refractivity contribution in [3.63, 3.8) is 0 Å². The predicted octanol–water partition coefficient (Wildman–Crippen LogP) is 1.85. The molecule has 2 aliphatic rings. The number of allylic oxidation sites excluding steroid dienone is 1. The Balaban J connectivity index is 2.35. The monoisotopic (exact) mass is 188 g/mol. The lowest BCUT2D eigenvalue weighted by Crippen LogP contribution is -2.27. The molecule has 0 spiro atoms. The first-order valence-electron chi connectivity index (χ1n) is 4.95. The second-order valence-electron chi connectivity index (χ2n) is 3.93. The summed E-state index contributed by atoms with van der Waals surface area (Å²) in [6, 6.07) is 1.97. The number of amides is 1. The summed E-state index contributed by atoms with van der Waals surface area (Å²) in [5.74, 6) is -0.558. The van der Waals surface area contributed by atoms with Crippen LogP contribution < -0.4 is 0 Å². The number of fused-ring (bicyclic) bond motifs is 1. The van der Waals surface area contributed by atoms with Gasteiger partial charge in [-0.1, -0.05) is 13.0 Å². The molecule has 1 aliphatic carbocycles. The van der Waals surface area contributed by atoms with Gasteiger partial charge in [-0.2, -0.15) is 5.26 Å². The summed E-state index contributed by atoms with van der Waals surface area (Å²) < 4.78 is 0. The van der Waals surface area contributed by atoms with Crippen LogP contribution in [0.25, 0.3) is 0 Å². The Labute approximate surface area is 83.1 Å². The normalized spacial score (nSPS) is 31.3. The second kappa shape index (κ2) is 3.38. The van der Waals surface area contributed by atoms with Crippen molar-refractivity contribution < 1.29 is 4.79 Å².